The lowest BCUT2D eigenvalue weighted by Gasteiger charge is -2.31. The summed E-state index contributed by atoms with van der Waals surface area (Å²) in [6.45, 7) is 3.15. The zero-order chi connectivity index (χ0) is 20.9. The maximum absolute atomic E-state index is 12.6. The van der Waals surface area contributed by atoms with Gasteiger partial charge in [-0.1, -0.05) is 6.92 Å². The van der Waals surface area contributed by atoms with E-state index in [4.69, 9.17) is 4.74 Å². The number of nitrogens with one attached hydrogen (secondary N) is 2. The van der Waals surface area contributed by atoms with Gasteiger partial charge in [0.05, 0.1) is 11.7 Å². The third-order valence-electron chi connectivity index (χ3n) is 5.25. The highest BCUT2D eigenvalue weighted by Crippen LogP contribution is 2.22. The van der Waals surface area contributed by atoms with E-state index < -0.39 is 16.1 Å². The van der Waals surface area contributed by atoms with E-state index in [2.05, 4.69) is 10.6 Å². The van der Waals surface area contributed by atoms with Crippen LogP contribution >= 0.6 is 0 Å². The third-order valence-corrected chi connectivity index (χ3v) is 7.30. The molecule has 2 saturated heterocycles. The van der Waals surface area contributed by atoms with Crippen molar-refractivity contribution in [2.24, 2.45) is 5.92 Å². The molecule has 8 nitrogen and oxygen atoms in total. The Morgan fingerprint density at radius 1 is 1.07 bits per heavy atom. The highest BCUT2D eigenvalue weighted by molar-refractivity contribution is 7.89. The van der Waals surface area contributed by atoms with Crippen LogP contribution in [0.1, 0.15) is 39.0 Å². The van der Waals surface area contributed by atoms with Crippen molar-refractivity contribution in [2.45, 2.75) is 45.1 Å². The Hall–Kier alpha value is -1.97. The molecule has 9 heteroatoms. The summed E-state index contributed by atoms with van der Waals surface area (Å²) in [5, 5.41) is 5.67. The van der Waals surface area contributed by atoms with Gasteiger partial charge in [-0.25, -0.2) is 12.7 Å². The molecular formula is C20H29N3O5S. The first-order valence-electron chi connectivity index (χ1n) is 10.2. The minimum absolute atomic E-state index is 0.112. The molecule has 1 aromatic rings. The lowest BCUT2D eigenvalue weighted by Crippen LogP contribution is -2.44. The van der Waals surface area contributed by atoms with E-state index in [0.717, 1.165) is 12.8 Å². The predicted octanol–water partition coefficient (Wildman–Crippen LogP) is 2.19. The number of sulfonamides is 1. The first-order valence-corrected chi connectivity index (χ1v) is 11.8. The summed E-state index contributed by atoms with van der Waals surface area (Å²) in [5.41, 5.74) is 1.25. The van der Waals surface area contributed by atoms with E-state index in [1.165, 1.54) is 4.31 Å². The van der Waals surface area contributed by atoms with Crippen LogP contribution in [-0.4, -0.2) is 56.1 Å². The van der Waals surface area contributed by atoms with Crippen LogP contribution in [0, 0.1) is 5.92 Å². The van der Waals surface area contributed by atoms with E-state index in [1.807, 2.05) is 6.92 Å². The SMILES string of the molecule is CCCS(=O)(=O)N1CCC[C@@H](C(=O)Nc2ccc(NC(=O)[C@@H]3CCCO3)cc2)C1. The van der Waals surface area contributed by atoms with E-state index in [1.54, 1.807) is 24.3 Å². The Morgan fingerprint density at radius 3 is 2.31 bits per heavy atom. The largest absolute Gasteiger partial charge is 0.368 e. The number of hydrogen-bond donors (Lipinski definition) is 2. The summed E-state index contributed by atoms with van der Waals surface area (Å²) in [6.07, 6.45) is 3.13. The topological polar surface area (TPSA) is 105 Å². The molecule has 2 fully saturated rings. The molecule has 0 aliphatic carbocycles. The fourth-order valence-electron chi connectivity index (χ4n) is 3.68. The molecule has 2 atom stereocenters. The number of nitrogens with zero attached hydrogens (tertiary/aromatic N) is 1. The number of amides is 2. The number of hydrogen-bond acceptors (Lipinski definition) is 5. The Morgan fingerprint density at radius 2 is 1.72 bits per heavy atom. The molecule has 0 radical (unpaired) electrons. The standard InChI is InChI=1S/C20H29N3O5S/c1-2-13-29(26,27)23-11-3-5-15(14-23)19(24)21-16-7-9-17(10-8-16)22-20(25)18-6-4-12-28-18/h7-10,15,18H,2-6,11-14H2,1H3,(H,21,24)(H,22,25)/t15-,18+/m1/s1. The molecule has 2 N–H and O–H groups in total. The molecule has 0 spiro atoms. The summed E-state index contributed by atoms with van der Waals surface area (Å²) < 4.78 is 31.4. The van der Waals surface area contributed by atoms with Crippen molar-refractivity contribution in [3.63, 3.8) is 0 Å². The van der Waals surface area contributed by atoms with Crippen LogP contribution in [0.5, 0.6) is 0 Å². The monoisotopic (exact) mass is 423 g/mol. The van der Waals surface area contributed by atoms with E-state index >= 15 is 0 Å². The van der Waals surface area contributed by atoms with Crippen LogP contribution in [-0.2, 0) is 24.3 Å². The number of carbonyl (C=O) groups excluding carboxylic acids is 2. The van der Waals surface area contributed by atoms with Gasteiger partial charge >= 0.3 is 0 Å². The second kappa shape index (κ2) is 9.69. The van der Waals surface area contributed by atoms with Crippen LogP contribution in [0.25, 0.3) is 0 Å². The van der Waals surface area contributed by atoms with Crippen molar-refractivity contribution >= 4 is 33.2 Å². The molecule has 2 aliphatic heterocycles. The zero-order valence-electron chi connectivity index (χ0n) is 16.7. The quantitative estimate of drug-likeness (QED) is 0.700. The number of ether oxygens (including phenoxy) is 1. The van der Waals surface area contributed by atoms with E-state index in [-0.39, 0.29) is 30.0 Å². The second-order valence-corrected chi connectivity index (χ2v) is 9.66. The Kier molecular flexibility index (Phi) is 7.26. The number of anilines is 2. The average molecular weight is 424 g/mol. The summed E-state index contributed by atoms with van der Waals surface area (Å²) >= 11 is 0. The summed E-state index contributed by atoms with van der Waals surface area (Å²) in [6, 6.07) is 6.89. The van der Waals surface area contributed by atoms with Crippen molar-refractivity contribution in [3.8, 4) is 0 Å². The summed E-state index contributed by atoms with van der Waals surface area (Å²) in [5.74, 6) is -0.595. The van der Waals surface area contributed by atoms with Gasteiger partial charge in [0.25, 0.3) is 5.91 Å². The molecule has 2 heterocycles. The van der Waals surface area contributed by atoms with Crippen molar-refractivity contribution in [3.05, 3.63) is 24.3 Å². The number of benzene rings is 1. The molecule has 0 saturated carbocycles. The van der Waals surface area contributed by atoms with Gasteiger partial charge in [0.15, 0.2) is 0 Å². The maximum Gasteiger partial charge on any atom is 0.253 e. The lowest BCUT2D eigenvalue weighted by molar-refractivity contribution is -0.124. The van der Waals surface area contributed by atoms with Crippen LogP contribution < -0.4 is 10.6 Å². The highest BCUT2D eigenvalue weighted by Gasteiger charge is 2.31. The number of piperidine rings is 1. The van der Waals surface area contributed by atoms with Crippen LogP contribution in [0.3, 0.4) is 0 Å². The maximum atomic E-state index is 12.6. The van der Waals surface area contributed by atoms with Crippen molar-refractivity contribution in [2.75, 3.05) is 36.1 Å². The van der Waals surface area contributed by atoms with Crippen molar-refractivity contribution in [1.82, 2.24) is 4.31 Å². The number of rotatable bonds is 7. The van der Waals surface area contributed by atoms with Gasteiger partial charge in [-0.2, -0.15) is 0 Å². The van der Waals surface area contributed by atoms with Gasteiger partial charge in [0.2, 0.25) is 15.9 Å². The van der Waals surface area contributed by atoms with Crippen LogP contribution in [0.2, 0.25) is 0 Å². The highest BCUT2D eigenvalue weighted by atomic mass is 32.2. The normalized spacial score (nSPS) is 22.9. The second-order valence-electron chi connectivity index (χ2n) is 7.57. The Balaban J connectivity index is 1.54. The van der Waals surface area contributed by atoms with Gasteiger partial charge in [-0.3, -0.25) is 9.59 Å². The molecular weight excluding hydrogens is 394 g/mol. The molecule has 0 unspecified atom stereocenters. The van der Waals surface area contributed by atoms with Gasteiger partial charge in [-0.15, -0.1) is 0 Å². The minimum Gasteiger partial charge on any atom is -0.368 e. The van der Waals surface area contributed by atoms with Crippen molar-refractivity contribution in [1.29, 1.82) is 0 Å². The van der Waals surface area contributed by atoms with E-state index in [0.29, 0.717) is 43.8 Å². The Bertz CT molecular complexity index is 819. The van der Waals surface area contributed by atoms with Gasteiger partial charge in [0, 0.05) is 31.1 Å². The minimum atomic E-state index is -3.29. The fourth-order valence-corrected chi connectivity index (χ4v) is 5.27. The number of carbonyl (C=O) groups is 2. The van der Waals surface area contributed by atoms with Crippen molar-refractivity contribution < 1.29 is 22.7 Å². The van der Waals surface area contributed by atoms with E-state index in [9.17, 15) is 18.0 Å². The smallest absolute Gasteiger partial charge is 0.253 e. The third kappa shape index (κ3) is 5.77. The predicted molar refractivity (Wildman–Crippen MR) is 111 cm³/mol. The van der Waals surface area contributed by atoms with Gasteiger partial charge in [0.1, 0.15) is 6.10 Å². The van der Waals surface area contributed by atoms with Crippen LogP contribution in [0.4, 0.5) is 11.4 Å². The lowest BCUT2D eigenvalue weighted by atomic mass is 9.98. The first-order chi connectivity index (χ1) is 13.9. The van der Waals surface area contributed by atoms with Crippen LogP contribution in [0.15, 0.2) is 24.3 Å². The van der Waals surface area contributed by atoms with Gasteiger partial charge < -0.3 is 15.4 Å². The van der Waals surface area contributed by atoms with Gasteiger partial charge in [-0.05, 0) is 56.4 Å². The summed E-state index contributed by atoms with van der Waals surface area (Å²) in [4.78, 5) is 24.7. The first kappa shape index (κ1) is 21.7. The molecule has 2 aliphatic rings. The molecule has 0 bridgehead atoms. The fraction of sp³-hybridized carbons (Fsp3) is 0.600. The molecule has 29 heavy (non-hydrogen) atoms. The molecule has 160 valence electrons. The molecule has 2 amide bonds. The summed E-state index contributed by atoms with van der Waals surface area (Å²) in [7, 11) is -3.29. The zero-order valence-corrected chi connectivity index (χ0v) is 17.5. The molecule has 0 aromatic heterocycles. The Labute approximate surface area is 172 Å². The molecule has 1 aromatic carbocycles. The molecule has 3 rings (SSSR count). The average Bonchev–Trinajstić information content (AvgIpc) is 3.24.